The summed E-state index contributed by atoms with van der Waals surface area (Å²) in [6, 6.07) is 9.71. The molecule has 1 fully saturated rings. The number of hydrogen-bond acceptors (Lipinski definition) is 6. The predicted molar refractivity (Wildman–Crippen MR) is 124 cm³/mol. The first-order valence-corrected chi connectivity index (χ1v) is 11.2. The van der Waals surface area contributed by atoms with Gasteiger partial charge in [0.25, 0.3) is 5.69 Å². The van der Waals surface area contributed by atoms with E-state index < -0.39 is 16.3 Å². The number of nitrogens with zero attached hydrogens (tertiary/aromatic N) is 2. The van der Waals surface area contributed by atoms with Crippen LogP contribution in [-0.4, -0.2) is 29.6 Å². The Bertz CT molecular complexity index is 1000. The van der Waals surface area contributed by atoms with Gasteiger partial charge >= 0.3 is 5.97 Å². The van der Waals surface area contributed by atoms with Crippen molar-refractivity contribution in [2.75, 3.05) is 18.0 Å². The summed E-state index contributed by atoms with van der Waals surface area (Å²) in [5, 5.41) is 11.8. The van der Waals surface area contributed by atoms with Crippen molar-refractivity contribution in [1.29, 1.82) is 0 Å². The van der Waals surface area contributed by atoms with Gasteiger partial charge in [0, 0.05) is 25.1 Å². The second-order valence-electron chi connectivity index (χ2n) is 9.43. The highest BCUT2D eigenvalue weighted by molar-refractivity contribution is 5.72. The molecule has 0 aromatic heterocycles. The van der Waals surface area contributed by atoms with Gasteiger partial charge in [0.15, 0.2) is 11.6 Å². The summed E-state index contributed by atoms with van der Waals surface area (Å²) < 4.78 is 26.0. The molecule has 0 radical (unpaired) electrons. The molecule has 0 spiro atoms. The zero-order valence-electron chi connectivity index (χ0n) is 19.6. The Labute approximate surface area is 193 Å². The maximum absolute atomic E-state index is 14.8. The number of nitro benzene ring substituents is 1. The number of rotatable bonds is 7. The molecule has 0 unspecified atom stereocenters. The van der Waals surface area contributed by atoms with E-state index in [1.807, 2.05) is 31.7 Å². The molecule has 8 heteroatoms. The minimum atomic E-state index is -0.773. The lowest BCUT2D eigenvalue weighted by Crippen LogP contribution is -2.36. The van der Waals surface area contributed by atoms with E-state index in [2.05, 4.69) is 0 Å². The largest absolute Gasteiger partial charge is 0.460 e. The van der Waals surface area contributed by atoms with Crippen molar-refractivity contribution >= 4 is 17.3 Å². The Hall–Kier alpha value is -3.16. The van der Waals surface area contributed by atoms with E-state index in [-0.39, 0.29) is 23.3 Å². The number of anilines is 1. The Kier molecular flexibility index (Phi) is 7.56. The first-order valence-electron chi connectivity index (χ1n) is 11.2. The molecule has 1 heterocycles. The number of esters is 1. The first-order chi connectivity index (χ1) is 15.5. The van der Waals surface area contributed by atoms with E-state index in [0.29, 0.717) is 42.9 Å². The maximum Gasteiger partial charge on any atom is 0.306 e. The van der Waals surface area contributed by atoms with Crippen LogP contribution in [0.15, 0.2) is 36.4 Å². The summed E-state index contributed by atoms with van der Waals surface area (Å²) >= 11 is 0. The molecule has 0 bridgehead atoms. The third-order valence-corrected chi connectivity index (χ3v) is 5.59. The summed E-state index contributed by atoms with van der Waals surface area (Å²) in [6.45, 7) is 8.30. The molecule has 1 aliphatic rings. The lowest BCUT2D eigenvalue weighted by molar-refractivity contribution is -0.384. The molecule has 2 aromatic carbocycles. The number of para-hydroxylation sites is 1. The Morgan fingerprint density at radius 3 is 2.61 bits per heavy atom. The van der Waals surface area contributed by atoms with Gasteiger partial charge in [-0.05, 0) is 65.0 Å². The molecule has 1 aliphatic heterocycles. The lowest BCUT2D eigenvalue weighted by Gasteiger charge is -2.35. The number of carbonyl (C=O) groups excluding carboxylic acids is 1. The summed E-state index contributed by atoms with van der Waals surface area (Å²) in [4.78, 5) is 25.3. The van der Waals surface area contributed by atoms with Gasteiger partial charge in [-0.15, -0.1) is 0 Å². The highest BCUT2D eigenvalue weighted by Crippen LogP contribution is 2.42. The van der Waals surface area contributed by atoms with E-state index >= 15 is 0 Å². The van der Waals surface area contributed by atoms with E-state index in [9.17, 15) is 19.3 Å². The minimum Gasteiger partial charge on any atom is -0.460 e. The van der Waals surface area contributed by atoms with Gasteiger partial charge < -0.3 is 14.4 Å². The standard InChI is InChI=1S/C25H31FN2O5/c1-17-23(27-14-8-9-18(16-27)12-13-22(29)33-25(2,3)4)21(28(30)31)15-20(26)24(17)32-19-10-6-5-7-11-19/h5-7,10-11,15,18H,8-9,12-14,16H2,1-4H3/t18-/m0/s1. The van der Waals surface area contributed by atoms with E-state index in [0.717, 1.165) is 18.9 Å². The molecular formula is C25H31FN2O5. The third-order valence-electron chi connectivity index (χ3n) is 5.59. The van der Waals surface area contributed by atoms with E-state index in [1.54, 1.807) is 31.2 Å². The number of benzene rings is 2. The molecule has 0 N–H and O–H groups in total. The minimum absolute atomic E-state index is 0.0160. The van der Waals surface area contributed by atoms with Gasteiger partial charge in [0.05, 0.1) is 11.0 Å². The third kappa shape index (κ3) is 6.43. The Morgan fingerprint density at radius 2 is 1.97 bits per heavy atom. The van der Waals surface area contributed by atoms with Crippen molar-refractivity contribution in [2.45, 2.75) is 59.0 Å². The highest BCUT2D eigenvalue weighted by atomic mass is 19.1. The summed E-state index contributed by atoms with van der Waals surface area (Å²) in [5.41, 5.74) is -0.0534. The lowest BCUT2D eigenvalue weighted by atomic mass is 9.92. The number of carbonyl (C=O) groups is 1. The number of ether oxygens (including phenoxy) is 2. The van der Waals surface area contributed by atoms with Gasteiger partial charge in [-0.25, -0.2) is 4.39 Å². The normalized spacial score (nSPS) is 16.4. The van der Waals surface area contributed by atoms with Crippen LogP contribution >= 0.6 is 0 Å². The second-order valence-corrected chi connectivity index (χ2v) is 9.43. The molecule has 0 amide bonds. The highest BCUT2D eigenvalue weighted by Gasteiger charge is 2.31. The molecule has 2 aromatic rings. The van der Waals surface area contributed by atoms with Crippen LogP contribution in [0.25, 0.3) is 0 Å². The van der Waals surface area contributed by atoms with Crippen LogP contribution in [0, 0.1) is 28.8 Å². The van der Waals surface area contributed by atoms with Crippen LogP contribution < -0.4 is 9.64 Å². The molecule has 3 rings (SSSR count). The van der Waals surface area contributed by atoms with Gasteiger partial charge in [0.1, 0.15) is 17.0 Å². The van der Waals surface area contributed by atoms with Crippen LogP contribution in [0.2, 0.25) is 0 Å². The van der Waals surface area contributed by atoms with Crippen LogP contribution in [0.1, 0.15) is 52.0 Å². The topological polar surface area (TPSA) is 81.9 Å². The zero-order valence-corrected chi connectivity index (χ0v) is 19.6. The number of piperidine rings is 1. The van der Waals surface area contributed by atoms with Crippen molar-refractivity contribution < 1.29 is 23.6 Å². The van der Waals surface area contributed by atoms with E-state index in [4.69, 9.17) is 9.47 Å². The van der Waals surface area contributed by atoms with Crippen LogP contribution in [0.3, 0.4) is 0 Å². The SMILES string of the molecule is Cc1c(Oc2ccccc2)c(F)cc([N+](=O)[O-])c1N1CCC[C@@H](CCC(=O)OC(C)(C)C)C1. The summed E-state index contributed by atoms with van der Waals surface area (Å²) in [5.74, 6) is -0.410. The smallest absolute Gasteiger partial charge is 0.306 e. The van der Waals surface area contributed by atoms with Crippen molar-refractivity contribution in [2.24, 2.45) is 5.92 Å². The monoisotopic (exact) mass is 458 g/mol. The van der Waals surface area contributed by atoms with Crippen LogP contribution in [0.4, 0.5) is 15.8 Å². The van der Waals surface area contributed by atoms with E-state index in [1.165, 1.54) is 0 Å². The average molecular weight is 459 g/mol. The van der Waals surface area contributed by atoms with Gasteiger partial charge in [-0.1, -0.05) is 18.2 Å². The van der Waals surface area contributed by atoms with Crippen molar-refractivity contribution in [3.05, 3.63) is 57.9 Å². The number of nitro groups is 1. The Morgan fingerprint density at radius 1 is 1.27 bits per heavy atom. The van der Waals surface area contributed by atoms with Gasteiger partial charge in [0.2, 0.25) is 0 Å². The second kappa shape index (κ2) is 10.2. The molecule has 178 valence electrons. The maximum atomic E-state index is 14.8. The van der Waals surface area contributed by atoms with Gasteiger partial charge in [-0.2, -0.15) is 0 Å². The quantitative estimate of drug-likeness (QED) is 0.280. The molecular weight excluding hydrogens is 427 g/mol. The average Bonchev–Trinajstić information content (AvgIpc) is 2.74. The Balaban J connectivity index is 1.83. The molecule has 7 nitrogen and oxygen atoms in total. The fraction of sp³-hybridized carbons (Fsp3) is 0.480. The van der Waals surface area contributed by atoms with Crippen LogP contribution in [0.5, 0.6) is 11.5 Å². The fourth-order valence-electron chi connectivity index (χ4n) is 4.22. The molecule has 0 aliphatic carbocycles. The van der Waals surface area contributed by atoms with Crippen molar-refractivity contribution in [3.63, 3.8) is 0 Å². The van der Waals surface area contributed by atoms with Gasteiger partial charge in [-0.3, -0.25) is 14.9 Å². The fourth-order valence-corrected chi connectivity index (χ4v) is 4.22. The summed E-state index contributed by atoms with van der Waals surface area (Å²) in [6.07, 6.45) is 2.66. The van der Waals surface area contributed by atoms with Crippen molar-refractivity contribution in [1.82, 2.24) is 0 Å². The molecule has 1 atom stereocenters. The summed E-state index contributed by atoms with van der Waals surface area (Å²) in [7, 11) is 0. The number of hydrogen-bond donors (Lipinski definition) is 0. The predicted octanol–water partition coefficient (Wildman–Crippen LogP) is 6.17. The van der Waals surface area contributed by atoms with Crippen LogP contribution in [-0.2, 0) is 9.53 Å². The number of halogens is 1. The molecule has 33 heavy (non-hydrogen) atoms. The first kappa shape index (κ1) is 24.5. The zero-order chi connectivity index (χ0) is 24.2. The molecule has 0 saturated carbocycles. The molecule has 1 saturated heterocycles. The van der Waals surface area contributed by atoms with Crippen molar-refractivity contribution in [3.8, 4) is 11.5 Å².